The number of rotatable bonds is 1. The molecule has 0 amide bonds. The van der Waals surface area contributed by atoms with E-state index in [2.05, 4.69) is 55.8 Å². The minimum atomic E-state index is 0.275. The van der Waals surface area contributed by atoms with Gasteiger partial charge in [0.25, 0.3) is 0 Å². The second kappa shape index (κ2) is 4.43. The predicted octanol–water partition coefficient (Wildman–Crippen LogP) is 0.789. The molecule has 3 heterocycles. The molecule has 1 aromatic heterocycles. The van der Waals surface area contributed by atoms with Gasteiger partial charge in [-0.2, -0.15) is 15.4 Å². The number of likely N-dealkylation sites (N-methyl/N-ethyl adjacent to an activating group) is 1. The number of anilines is 1. The van der Waals surface area contributed by atoms with Crippen molar-refractivity contribution in [1.82, 2.24) is 25.6 Å². The smallest absolute Gasteiger partial charge is 0.115 e. The number of nitrogens with zero attached hydrogens (tertiary/aromatic N) is 4. The van der Waals surface area contributed by atoms with Crippen LogP contribution in [0, 0.1) is 0 Å². The molecule has 0 saturated carbocycles. The Hall–Kier alpha value is -1.66. The van der Waals surface area contributed by atoms with Crippen LogP contribution in [0.25, 0.3) is 11.0 Å². The van der Waals surface area contributed by atoms with Crippen LogP contribution in [-0.2, 0) is 0 Å². The average Bonchev–Trinajstić information content (AvgIpc) is 3.03. The van der Waals surface area contributed by atoms with Crippen molar-refractivity contribution in [2.45, 2.75) is 18.4 Å². The van der Waals surface area contributed by atoms with Crippen LogP contribution in [0.2, 0.25) is 0 Å². The summed E-state index contributed by atoms with van der Waals surface area (Å²) in [4.78, 5) is 4.97. The largest absolute Gasteiger partial charge is 0.351 e. The zero-order valence-electron chi connectivity index (χ0n) is 11.8. The summed E-state index contributed by atoms with van der Waals surface area (Å²) in [6, 6.07) is 6.39. The highest BCUT2D eigenvalue weighted by molar-refractivity contribution is 5.78. The first-order valence-electron chi connectivity index (χ1n) is 7.24. The minimum absolute atomic E-state index is 0.275. The number of hydrogen-bond acceptors (Lipinski definition) is 5. The lowest BCUT2D eigenvalue weighted by atomic mass is 9.87. The summed E-state index contributed by atoms with van der Waals surface area (Å²) in [7, 11) is 2.21. The van der Waals surface area contributed by atoms with Crippen LogP contribution >= 0.6 is 0 Å². The van der Waals surface area contributed by atoms with Gasteiger partial charge in [-0.1, -0.05) is 0 Å². The normalized spacial score (nSPS) is 22.9. The lowest BCUT2D eigenvalue weighted by molar-refractivity contribution is 0.294. The molecule has 0 bridgehead atoms. The highest BCUT2D eigenvalue weighted by Gasteiger charge is 2.44. The Morgan fingerprint density at radius 1 is 1.15 bits per heavy atom. The third-order valence-corrected chi connectivity index (χ3v) is 4.67. The molecule has 0 unspecified atom stereocenters. The summed E-state index contributed by atoms with van der Waals surface area (Å²) in [5.41, 5.74) is 3.41. The minimum Gasteiger partial charge on any atom is -0.351 e. The molecule has 2 aliphatic rings. The van der Waals surface area contributed by atoms with Gasteiger partial charge in [0.2, 0.25) is 0 Å². The van der Waals surface area contributed by atoms with Crippen LogP contribution < -0.4 is 10.2 Å². The fourth-order valence-electron chi connectivity index (χ4n) is 3.70. The first-order chi connectivity index (χ1) is 9.77. The van der Waals surface area contributed by atoms with Gasteiger partial charge in [-0.3, -0.25) is 4.90 Å². The zero-order chi connectivity index (χ0) is 13.6. The van der Waals surface area contributed by atoms with Gasteiger partial charge in [0, 0.05) is 12.2 Å². The monoisotopic (exact) mass is 272 g/mol. The number of H-pyrrole nitrogens is 1. The Kier molecular flexibility index (Phi) is 2.68. The summed E-state index contributed by atoms with van der Waals surface area (Å²) in [5.74, 6) is 0. The Balaban J connectivity index is 1.74. The number of nitrogens with one attached hydrogen (secondary N) is 2. The fraction of sp³-hybridized carbons (Fsp3) is 0.571. The van der Waals surface area contributed by atoms with Gasteiger partial charge in [0.15, 0.2) is 0 Å². The molecule has 2 aliphatic heterocycles. The van der Waals surface area contributed by atoms with Crippen LogP contribution in [0.4, 0.5) is 5.69 Å². The van der Waals surface area contributed by atoms with Crippen molar-refractivity contribution >= 4 is 16.7 Å². The number of benzene rings is 1. The maximum atomic E-state index is 4.21. The van der Waals surface area contributed by atoms with Crippen LogP contribution in [0.15, 0.2) is 18.2 Å². The predicted molar refractivity (Wildman–Crippen MR) is 78.7 cm³/mol. The topological polar surface area (TPSA) is 60.1 Å². The van der Waals surface area contributed by atoms with E-state index >= 15 is 0 Å². The second-order valence-corrected chi connectivity index (χ2v) is 6.05. The molecule has 4 rings (SSSR count). The van der Waals surface area contributed by atoms with E-state index in [0.29, 0.717) is 0 Å². The lowest BCUT2D eigenvalue weighted by Gasteiger charge is -2.42. The molecular weight excluding hydrogens is 252 g/mol. The number of aromatic nitrogens is 3. The van der Waals surface area contributed by atoms with E-state index in [1.54, 1.807) is 0 Å². The molecule has 2 aromatic rings. The molecule has 106 valence electrons. The molecule has 1 aromatic carbocycles. The van der Waals surface area contributed by atoms with Gasteiger partial charge in [0.05, 0.1) is 12.2 Å². The number of piperidine rings is 1. The third-order valence-electron chi connectivity index (χ3n) is 4.67. The van der Waals surface area contributed by atoms with Gasteiger partial charge in [0.1, 0.15) is 11.0 Å². The van der Waals surface area contributed by atoms with Crippen molar-refractivity contribution in [2.75, 3.05) is 38.3 Å². The van der Waals surface area contributed by atoms with Gasteiger partial charge in [-0.15, -0.1) is 0 Å². The van der Waals surface area contributed by atoms with Crippen LogP contribution in [-0.4, -0.2) is 59.2 Å². The van der Waals surface area contributed by atoms with Crippen molar-refractivity contribution in [3.05, 3.63) is 18.2 Å². The van der Waals surface area contributed by atoms with Gasteiger partial charge >= 0.3 is 0 Å². The van der Waals surface area contributed by atoms with E-state index in [-0.39, 0.29) is 5.54 Å². The Morgan fingerprint density at radius 3 is 2.80 bits per heavy atom. The molecule has 6 heteroatoms. The first kappa shape index (κ1) is 12.1. The molecule has 20 heavy (non-hydrogen) atoms. The molecule has 0 radical (unpaired) electrons. The van der Waals surface area contributed by atoms with E-state index in [1.807, 2.05) is 0 Å². The Labute approximate surface area is 118 Å². The van der Waals surface area contributed by atoms with E-state index in [0.717, 1.165) is 37.3 Å². The maximum Gasteiger partial charge on any atom is 0.115 e. The molecule has 1 spiro atoms. The van der Waals surface area contributed by atoms with Crippen molar-refractivity contribution < 1.29 is 0 Å². The zero-order valence-corrected chi connectivity index (χ0v) is 11.8. The molecule has 2 saturated heterocycles. The number of hydrogen-bond donors (Lipinski definition) is 2. The van der Waals surface area contributed by atoms with Gasteiger partial charge in [-0.25, -0.2) is 0 Å². The van der Waals surface area contributed by atoms with Crippen molar-refractivity contribution in [2.24, 2.45) is 0 Å². The summed E-state index contributed by atoms with van der Waals surface area (Å²) in [6.45, 7) is 4.35. The van der Waals surface area contributed by atoms with Crippen molar-refractivity contribution in [3.8, 4) is 0 Å². The molecule has 6 nitrogen and oxygen atoms in total. The van der Waals surface area contributed by atoms with E-state index in [9.17, 15) is 0 Å². The van der Waals surface area contributed by atoms with Gasteiger partial charge in [-0.05, 0) is 51.2 Å². The molecular formula is C14H20N6. The Bertz CT molecular complexity index is 615. The SMILES string of the molecule is CN1CN(c2ccc3n[nH]nc3c2)C2(CCNCC2)C1. The van der Waals surface area contributed by atoms with E-state index in [1.165, 1.54) is 18.5 Å². The maximum absolute atomic E-state index is 4.21. The van der Waals surface area contributed by atoms with Crippen LogP contribution in [0.5, 0.6) is 0 Å². The average molecular weight is 272 g/mol. The van der Waals surface area contributed by atoms with Crippen LogP contribution in [0.3, 0.4) is 0 Å². The fourth-order valence-corrected chi connectivity index (χ4v) is 3.70. The van der Waals surface area contributed by atoms with Crippen molar-refractivity contribution in [1.29, 1.82) is 0 Å². The summed E-state index contributed by atoms with van der Waals surface area (Å²) in [6.07, 6.45) is 2.41. The van der Waals surface area contributed by atoms with E-state index in [4.69, 9.17) is 0 Å². The molecule has 2 fully saturated rings. The summed E-state index contributed by atoms with van der Waals surface area (Å²) >= 11 is 0. The quantitative estimate of drug-likeness (QED) is 0.804. The summed E-state index contributed by atoms with van der Waals surface area (Å²) in [5, 5.41) is 14.5. The van der Waals surface area contributed by atoms with Crippen LogP contribution in [0.1, 0.15) is 12.8 Å². The number of fused-ring (bicyclic) bond motifs is 1. The highest BCUT2D eigenvalue weighted by Crippen LogP contribution is 2.37. The van der Waals surface area contributed by atoms with E-state index < -0.39 is 0 Å². The highest BCUT2D eigenvalue weighted by atomic mass is 15.4. The standard InChI is InChI=1S/C14H20N6/c1-19-9-14(4-6-15-7-5-14)20(10-19)11-2-3-12-13(8-11)17-18-16-12/h2-3,8,15H,4-7,9-10H2,1H3,(H,16,17,18). The number of aromatic amines is 1. The molecule has 0 atom stereocenters. The second-order valence-electron chi connectivity index (χ2n) is 6.05. The van der Waals surface area contributed by atoms with Crippen molar-refractivity contribution in [3.63, 3.8) is 0 Å². The third kappa shape index (κ3) is 1.79. The molecule has 2 N–H and O–H groups in total. The molecule has 0 aliphatic carbocycles. The summed E-state index contributed by atoms with van der Waals surface area (Å²) < 4.78 is 0. The lowest BCUT2D eigenvalue weighted by Crippen LogP contribution is -2.53. The van der Waals surface area contributed by atoms with Gasteiger partial charge < -0.3 is 10.2 Å². The Morgan fingerprint density at radius 2 is 1.95 bits per heavy atom. The first-order valence-corrected chi connectivity index (χ1v) is 7.24.